The third kappa shape index (κ3) is 7.02. The second-order valence-electron chi connectivity index (χ2n) is 4.26. The van der Waals surface area contributed by atoms with Gasteiger partial charge in [0.1, 0.15) is 11.9 Å². The molecule has 0 saturated heterocycles. The van der Waals surface area contributed by atoms with Crippen LogP contribution in [0, 0.1) is 0 Å². The number of hydrogen-bond acceptors (Lipinski definition) is 3. The lowest BCUT2D eigenvalue weighted by molar-refractivity contribution is 0.143. The highest BCUT2D eigenvalue weighted by Gasteiger charge is 2.07. The van der Waals surface area contributed by atoms with Crippen molar-refractivity contribution in [1.82, 2.24) is 5.32 Å². The summed E-state index contributed by atoms with van der Waals surface area (Å²) in [4.78, 5) is 0. The highest BCUT2D eigenvalue weighted by atomic mass is 35.5. The molecule has 1 unspecified atom stereocenters. The van der Waals surface area contributed by atoms with Gasteiger partial charge in [0.15, 0.2) is 0 Å². The third-order valence-electron chi connectivity index (χ3n) is 2.50. The summed E-state index contributed by atoms with van der Waals surface area (Å²) in [7, 11) is 0. The van der Waals surface area contributed by atoms with Crippen molar-refractivity contribution in [3.63, 3.8) is 0 Å². The van der Waals surface area contributed by atoms with Crippen molar-refractivity contribution in [2.24, 2.45) is 0 Å². The van der Waals surface area contributed by atoms with Crippen molar-refractivity contribution in [2.45, 2.75) is 26.4 Å². The predicted octanol–water partition coefficient (Wildman–Crippen LogP) is 3.78. The first-order chi connectivity index (χ1) is 9.13. The molecule has 3 nitrogen and oxygen atoms in total. The van der Waals surface area contributed by atoms with Gasteiger partial charge in [0.2, 0.25) is 0 Å². The van der Waals surface area contributed by atoms with Crippen LogP contribution in [-0.4, -0.2) is 32.4 Å². The second-order valence-corrected chi connectivity index (χ2v) is 5.10. The topological polar surface area (TPSA) is 30.5 Å². The van der Waals surface area contributed by atoms with Crippen LogP contribution in [0.3, 0.4) is 0 Å². The molecule has 0 bridgehead atoms. The highest BCUT2D eigenvalue weighted by molar-refractivity contribution is 6.35. The number of halogens is 2. The molecule has 19 heavy (non-hydrogen) atoms. The van der Waals surface area contributed by atoms with Crippen molar-refractivity contribution in [3.8, 4) is 5.75 Å². The quantitative estimate of drug-likeness (QED) is 0.704. The maximum Gasteiger partial charge on any atom is 0.138 e. The van der Waals surface area contributed by atoms with Crippen molar-refractivity contribution < 1.29 is 9.47 Å². The minimum Gasteiger partial charge on any atom is -0.488 e. The van der Waals surface area contributed by atoms with Crippen LogP contribution < -0.4 is 10.1 Å². The van der Waals surface area contributed by atoms with Crippen LogP contribution in [0.2, 0.25) is 10.0 Å². The van der Waals surface area contributed by atoms with Crippen LogP contribution in [-0.2, 0) is 4.74 Å². The number of hydrogen-bond donors (Lipinski definition) is 1. The molecule has 0 spiro atoms. The summed E-state index contributed by atoms with van der Waals surface area (Å²) in [6, 6.07) is 5.24. The number of nitrogens with one attached hydrogen (secondary N) is 1. The lowest BCUT2D eigenvalue weighted by atomic mass is 10.3. The van der Waals surface area contributed by atoms with Gasteiger partial charge in [-0.1, -0.05) is 23.2 Å². The first-order valence-electron chi connectivity index (χ1n) is 6.53. The Morgan fingerprint density at radius 2 is 2.11 bits per heavy atom. The summed E-state index contributed by atoms with van der Waals surface area (Å²) in [5.41, 5.74) is 0. The SMILES string of the molecule is CCOCCCNCC(C)Oc1ccc(Cl)cc1Cl. The lowest BCUT2D eigenvalue weighted by Crippen LogP contribution is -2.30. The average Bonchev–Trinajstić information content (AvgIpc) is 2.37. The van der Waals surface area contributed by atoms with Gasteiger partial charge in [-0.15, -0.1) is 0 Å². The van der Waals surface area contributed by atoms with Crippen LogP contribution in [0.15, 0.2) is 18.2 Å². The Hall–Kier alpha value is -0.480. The van der Waals surface area contributed by atoms with Gasteiger partial charge in [-0.2, -0.15) is 0 Å². The molecule has 1 aromatic rings. The van der Waals surface area contributed by atoms with Gasteiger partial charge in [-0.25, -0.2) is 0 Å². The van der Waals surface area contributed by atoms with E-state index in [0.717, 1.165) is 32.7 Å². The number of rotatable bonds is 9. The molecule has 1 atom stereocenters. The molecule has 108 valence electrons. The first-order valence-corrected chi connectivity index (χ1v) is 7.29. The summed E-state index contributed by atoms with van der Waals surface area (Å²) in [5, 5.41) is 4.47. The fourth-order valence-corrected chi connectivity index (χ4v) is 2.03. The molecule has 0 aliphatic heterocycles. The number of ether oxygens (including phenoxy) is 2. The van der Waals surface area contributed by atoms with Gasteiger partial charge in [0.05, 0.1) is 5.02 Å². The minimum absolute atomic E-state index is 0.0470. The van der Waals surface area contributed by atoms with E-state index >= 15 is 0 Å². The molecule has 0 amide bonds. The van der Waals surface area contributed by atoms with Crippen LogP contribution in [0.25, 0.3) is 0 Å². The zero-order valence-electron chi connectivity index (χ0n) is 11.4. The van der Waals surface area contributed by atoms with E-state index in [2.05, 4.69) is 5.32 Å². The Labute approximate surface area is 125 Å². The second kappa shape index (κ2) is 9.43. The van der Waals surface area contributed by atoms with E-state index in [-0.39, 0.29) is 6.10 Å². The Kier molecular flexibility index (Phi) is 8.22. The van der Waals surface area contributed by atoms with Crippen molar-refractivity contribution in [2.75, 3.05) is 26.3 Å². The van der Waals surface area contributed by atoms with E-state index in [1.165, 1.54) is 0 Å². The summed E-state index contributed by atoms with van der Waals surface area (Å²) in [6.07, 6.45) is 1.05. The van der Waals surface area contributed by atoms with E-state index in [0.29, 0.717) is 15.8 Å². The molecule has 0 fully saturated rings. The molecule has 0 radical (unpaired) electrons. The maximum atomic E-state index is 6.05. The third-order valence-corrected chi connectivity index (χ3v) is 3.03. The largest absolute Gasteiger partial charge is 0.488 e. The number of benzene rings is 1. The molecule has 1 rings (SSSR count). The Bertz CT molecular complexity index is 374. The summed E-state index contributed by atoms with van der Waals surface area (Å²) in [6.45, 7) is 7.25. The van der Waals surface area contributed by atoms with Gasteiger partial charge >= 0.3 is 0 Å². The van der Waals surface area contributed by atoms with Crippen LogP contribution in [0.5, 0.6) is 5.75 Å². The van der Waals surface area contributed by atoms with Gasteiger partial charge in [0, 0.05) is 24.8 Å². The first kappa shape index (κ1) is 16.6. The Morgan fingerprint density at radius 3 is 2.79 bits per heavy atom. The van der Waals surface area contributed by atoms with E-state index in [1.807, 2.05) is 13.8 Å². The molecule has 1 aromatic carbocycles. The van der Waals surface area contributed by atoms with Gasteiger partial charge in [-0.05, 0) is 45.0 Å². The van der Waals surface area contributed by atoms with Gasteiger partial charge in [0.25, 0.3) is 0 Å². The fourth-order valence-electron chi connectivity index (χ4n) is 1.58. The van der Waals surface area contributed by atoms with Gasteiger partial charge in [-0.3, -0.25) is 0 Å². The van der Waals surface area contributed by atoms with E-state index in [4.69, 9.17) is 32.7 Å². The monoisotopic (exact) mass is 305 g/mol. The summed E-state index contributed by atoms with van der Waals surface area (Å²) >= 11 is 11.9. The lowest BCUT2D eigenvalue weighted by Gasteiger charge is -2.16. The van der Waals surface area contributed by atoms with Crippen LogP contribution in [0.4, 0.5) is 0 Å². The standard InChI is InChI=1S/C14H21Cl2NO2/c1-3-18-8-4-7-17-10-11(2)19-14-6-5-12(15)9-13(14)16/h5-6,9,11,17H,3-4,7-8,10H2,1-2H3. The van der Waals surface area contributed by atoms with E-state index < -0.39 is 0 Å². The van der Waals surface area contributed by atoms with E-state index in [1.54, 1.807) is 18.2 Å². The molecule has 5 heteroatoms. The molecular formula is C14H21Cl2NO2. The summed E-state index contributed by atoms with van der Waals surface area (Å²) < 4.78 is 11.0. The molecule has 0 aromatic heterocycles. The van der Waals surface area contributed by atoms with Gasteiger partial charge < -0.3 is 14.8 Å². The van der Waals surface area contributed by atoms with Crippen LogP contribution >= 0.6 is 23.2 Å². The molecule has 0 heterocycles. The molecule has 0 aliphatic rings. The maximum absolute atomic E-state index is 6.05. The van der Waals surface area contributed by atoms with Crippen molar-refractivity contribution in [1.29, 1.82) is 0 Å². The molecular weight excluding hydrogens is 285 g/mol. The zero-order chi connectivity index (χ0) is 14.1. The van der Waals surface area contributed by atoms with Crippen molar-refractivity contribution >= 4 is 23.2 Å². The molecule has 1 N–H and O–H groups in total. The fraction of sp³-hybridized carbons (Fsp3) is 0.571. The zero-order valence-corrected chi connectivity index (χ0v) is 12.9. The van der Waals surface area contributed by atoms with E-state index in [9.17, 15) is 0 Å². The molecule has 0 aliphatic carbocycles. The predicted molar refractivity (Wildman–Crippen MR) is 80.5 cm³/mol. The Morgan fingerprint density at radius 1 is 1.32 bits per heavy atom. The smallest absolute Gasteiger partial charge is 0.138 e. The van der Waals surface area contributed by atoms with Crippen molar-refractivity contribution in [3.05, 3.63) is 28.2 Å². The normalized spacial score (nSPS) is 12.4. The Balaban J connectivity index is 2.21. The average molecular weight is 306 g/mol. The highest BCUT2D eigenvalue weighted by Crippen LogP contribution is 2.28. The van der Waals surface area contributed by atoms with Crippen LogP contribution in [0.1, 0.15) is 20.3 Å². The summed E-state index contributed by atoms with van der Waals surface area (Å²) in [5.74, 6) is 0.662. The minimum atomic E-state index is 0.0470. The molecule has 0 saturated carbocycles.